The maximum absolute atomic E-state index is 14.5. The minimum atomic E-state index is -1.26. The molecule has 2 saturated heterocycles. The number of ether oxygens (including phenoxy) is 2. The summed E-state index contributed by atoms with van der Waals surface area (Å²) in [4.78, 5) is 77.3. The second-order valence-corrected chi connectivity index (χ2v) is 16.2. The second kappa shape index (κ2) is 15.8. The van der Waals surface area contributed by atoms with Crippen LogP contribution in [0.2, 0.25) is 0 Å². The highest BCUT2D eigenvalue weighted by Crippen LogP contribution is 2.48. The summed E-state index contributed by atoms with van der Waals surface area (Å²) < 4.78 is 25.8. The summed E-state index contributed by atoms with van der Waals surface area (Å²) in [5, 5.41) is 5.72. The van der Waals surface area contributed by atoms with Crippen molar-refractivity contribution in [1.82, 2.24) is 25.9 Å². The van der Waals surface area contributed by atoms with Gasteiger partial charge in [-0.1, -0.05) is 50.3 Å². The number of amides is 5. The molecule has 4 aliphatic rings. The molecule has 0 radical (unpaired) electrons. The summed E-state index contributed by atoms with van der Waals surface area (Å²) >= 11 is 0. The summed E-state index contributed by atoms with van der Waals surface area (Å²) in [6, 6.07) is 8.01. The number of halogens is 1. The molecule has 292 valence electrons. The number of nitrogens with zero attached hydrogens (tertiary/aromatic N) is 2. The highest BCUT2D eigenvalue weighted by Gasteiger charge is 2.62. The van der Waals surface area contributed by atoms with Crippen LogP contribution in [0.25, 0.3) is 0 Å². The average molecular weight is 750 g/mol. The minimum Gasteiger partial charge on any atom is -0.444 e. The van der Waals surface area contributed by atoms with Gasteiger partial charge in [0.2, 0.25) is 11.8 Å². The summed E-state index contributed by atoms with van der Waals surface area (Å²) in [5.74, 6) is -1.69. The lowest BCUT2D eigenvalue weighted by atomic mass is 10.0. The molecule has 5 atom stereocenters. The predicted octanol–water partition coefficient (Wildman–Crippen LogP) is 5.49. The fourth-order valence-corrected chi connectivity index (χ4v) is 7.72. The zero-order valence-electron chi connectivity index (χ0n) is 31.8. The van der Waals surface area contributed by atoms with Gasteiger partial charge in [0.05, 0.1) is 13.1 Å². The van der Waals surface area contributed by atoms with Crippen molar-refractivity contribution in [3.8, 4) is 5.75 Å². The molecule has 54 heavy (non-hydrogen) atoms. The molecule has 0 bridgehead atoms. The molecule has 2 aromatic carbocycles. The van der Waals surface area contributed by atoms with Gasteiger partial charge in [-0.2, -0.15) is 5.48 Å². The van der Waals surface area contributed by atoms with Gasteiger partial charge in [-0.25, -0.2) is 14.0 Å². The van der Waals surface area contributed by atoms with Gasteiger partial charge in [-0.15, -0.1) is 0 Å². The third-order valence-electron chi connectivity index (χ3n) is 10.9. The number of carbonyl (C=O) groups excluding carboxylic acids is 5. The third-order valence-corrected chi connectivity index (χ3v) is 10.9. The molecule has 6 rings (SSSR count). The minimum absolute atomic E-state index is 0.0330. The Morgan fingerprint density at radius 2 is 1.70 bits per heavy atom. The van der Waals surface area contributed by atoms with Crippen molar-refractivity contribution in [2.24, 2.45) is 5.92 Å². The van der Waals surface area contributed by atoms with Gasteiger partial charge >= 0.3 is 12.2 Å². The number of hydrogen-bond acceptors (Lipinski definition) is 8. The fraction of sp³-hybridized carbons (Fsp3) is 0.575. The van der Waals surface area contributed by atoms with Crippen LogP contribution in [0.5, 0.6) is 5.75 Å². The molecule has 3 aliphatic heterocycles. The van der Waals surface area contributed by atoms with Crippen LogP contribution >= 0.6 is 0 Å². The van der Waals surface area contributed by atoms with E-state index in [4.69, 9.17) is 14.3 Å². The van der Waals surface area contributed by atoms with E-state index >= 15 is 0 Å². The first-order chi connectivity index (χ1) is 25.6. The lowest BCUT2D eigenvalue weighted by molar-refractivity contribution is -0.142. The van der Waals surface area contributed by atoms with Gasteiger partial charge in [0.1, 0.15) is 35.1 Å². The third kappa shape index (κ3) is 8.90. The first-order valence-electron chi connectivity index (χ1n) is 19.0. The highest BCUT2D eigenvalue weighted by molar-refractivity contribution is 5.98. The maximum atomic E-state index is 14.5. The lowest BCUT2D eigenvalue weighted by Crippen LogP contribution is -2.58. The Kier molecular flexibility index (Phi) is 11.4. The van der Waals surface area contributed by atoms with Crippen molar-refractivity contribution < 1.29 is 42.7 Å². The molecule has 14 heteroatoms. The van der Waals surface area contributed by atoms with E-state index in [2.05, 4.69) is 16.1 Å². The summed E-state index contributed by atoms with van der Waals surface area (Å²) in [7, 11) is 0. The van der Waals surface area contributed by atoms with Crippen LogP contribution in [0.15, 0.2) is 36.4 Å². The Hall–Kier alpha value is -4.88. The summed E-state index contributed by atoms with van der Waals surface area (Å²) in [6.07, 6.45) is 3.16. The van der Waals surface area contributed by atoms with Crippen LogP contribution in [0.3, 0.4) is 0 Å². The van der Waals surface area contributed by atoms with Crippen molar-refractivity contribution >= 4 is 29.9 Å². The number of hydrogen-bond donors (Lipinski definition) is 3. The molecule has 2 aromatic rings. The number of rotatable bonds is 5. The van der Waals surface area contributed by atoms with E-state index in [1.54, 1.807) is 39.0 Å². The number of hydroxylamine groups is 1. The van der Waals surface area contributed by atoms with Crippen LogP contribution in [0.1, 0.15) is 101 Å². The molecule has 0 aromatic heterocycles. The Labute approximate surface area is 315 Å². The van der Waals surface area contributed by atoms with E-state index < -0.39 is 65.1 Å². The van der Waals surface area contributed by atoms with E-state index in [9.17, 15) is 28.4 Å². The van der Waals surface area contributed by atoms with E-state index in [0.29, 0.717) is 42.6 Å². The first kappa shape index (κ1) is 38.8. The number of carbonyl (C=O) groups is 5. The molecule has 1 saturated carbocycles. The molecule has 13 nitrogen and oxygen atoms in total. The van der Waals surface area contributed by atoms with Crippen LogP contribution in [0.4, 0.5) is 14.0 Å². The van der Waals surface area contributed by atoms with Crippen molar-refractivity contribution in [2.75, 3.05) is 6.54 Å². The van der Waals surface area contributed by atoms with Crippen molar-refractivity contribution in [3.63, 3.8) is 0 Å². The molecular formula is C40H52FN5O8. The lowest BCUT2D eigenvalue weighted by Gasteiger charge is -2.30. The number of alkyl carbamates (subject to hydrolysis) is 1. The van der Waals surface area contributed by atoms with E-state index in [1.807, 2.05) is 26.0 Å². The van der Waals surface area contributed by atoms with Crippen LogP contribution < -0.4 is 21.0 Å². The SMILES string of the molecule is Cc1ccc(ONC(=O)[C@@]23C[C@H]2CCCCCCC[C@H](NC(=O)OC(C)(C)C)C(=O)N2C[C@H](OC(=O)N4Cc5cccc(F)c5C4)C[C@H]2C(=O)N3)cc1C. The van der Waals surface area contributed by atoms with Gasteiger partial charge in [0.15, 0.2) is 5.75 Å². The molecule has 3 N–H and O–H groups in total. The topological polar surface area (TPSA) is 156 Å². The van der Waals surface area contributed by atoms with Crippen LogP contribution in [-0.2, 0) is 36.9 Å². The first-order valence-corrected chi connectivity index (χ1v) is 19.0. The van der Waals surface area contributed by atoms with Gasteiger partial charge in [-0.3, -0.25) is 19.3 Å². The Morgan fingerprint density at radius 1 is 0.963 bits per heavy atom. The standard InChI is InChI=1S/C40H52FN5O8/c1-24-16-17-28(18-25(24)2)54-44-36(49)40-20-27(40)13-9-7-6-8-10-15-32(42-37(50)53-39(3,4)5)35(48)46-22-29(19-33(46)34(47)43-40)52-38(51)45-21-26-12-11-14-31(41)30(26)23-45/h11-12,14,16-18,27,29,32-33H,6-10,13,15,19-23H2,1-5H3,(H,42,50)(H,43,47)(H,44,49)/t27-,29-,32+,33+,40-/m1/s1. The maximum Gasteiger partial charge on any atom is 0.410 e. The van der Waals surface area contributed by atoms with Gasteiger partial charge in [-0.05, 0) is 94.7 Å². The van der Waals surface area contributed by atoms with Gasteiger partial charge < -0.3 is 29.8 Å². The number of fused-ring (bicyclic) bond motifs is 3. The van der Waals surface area contributed by atoms with Crippen LogP contribution in [-0.4, -0.2) is 75.6 Å². The molecule has 3 heterocycles. The zero-order valence-corrected chi connectivity index (χ0v) is 31.8. The van der Waals surface area contributed by atoms with Crippen molar-refractivity contribution in [3.05, 3.63) is 64.5 Å². The van der Waals surface area contributed by atoms with Crippen molar-refractivity contribution in [2.45, 2.75) is 135 Å². The summed E-state index contributed by atoms with van der Waals surface area (Å²) in [6.45, 7) is 9.16. The highest BCUT2D eigenvalue weighted by atomic mass is 19.1. The van der Waals surface area contributed by atoms with E-state index in [-0.39, 0.29) is 32.0 Å². The zero-order chi connectivity index (χ0) is 38.8. The smallest absolute Gasteiger partial charge is 0.410 e. The quantitative estimate of drug-likeness (QED) is 0.340. The van der Waals surface area contributed by atoms with Gasteiger partial charge in [0, 0.05) is 18.5 Å². The number of aryl methyl sites for hydroxylation is 2. The molecular weight excluding hydrogens is 697 g/mol. The Bertz CT molecular complexity index is 1780. The van der Waals surface area contributed by atoms with Gasteiger partial charge in [0.25, 0.3) is 5.91 Å². The predicted molar refractivity (Wildman–Crippen MR) is 195 cm³/mol. The molecule has 0 unspecified atom stereocenters. The molecule has 5 amide bonds. The molecule has 3 fully saturated rings. The largest absolute Gasteiger partial charge is 0.444 e. The molecule has 0 spiro atoms. The normalized spacial score (nSPS) is 25.9. The van der Waals surface area contributed by atoms with Crippen LogP contribution in [0, 0.1) is 25.6 Å². The Balaban J connectivity index is 1.23. The summed E-state index contributed by atoms with van der Waals surface area (Å²) in [5.41, 5.74) is 3.66. The number of benzene rings is 2. The molecule has 1 aliphatic carbocycles. The van der Waals surface area contributed by atoms with E-state index in [0.717, 1.165) is 36.8 Å². The number of nitrogens with one attached hydrogen (secondary N) is 3. The fourth-order valence-electron chi connectivity index (χ4n) is 7.72. The second-order valence-electron chi connectivity index (χ2n) is 16.2. The monoisotopic (exact) mass is 749 g/mol. The Morgan fingerprint density at radius 3 is 2.43 bits per heavy atom. The van der Waals surface area contributed by atoms with Crippen molar-refractivity contribution in [1.29, 1.82) is 0 Å². The average Bonchev–Trinajstić information content (AvgIpc) is 3.40. The van der Waals surface area contributed by atoms with E-state index in [1.165, 1.54) is 15.9 Å².